The summed E-state index contributed by atoms with van der Waals surface area (Å²) in [5.41, 5.74) is 2.84. The highest BCUT2D eigenvalue weighted by Gasteiger charge is 2.39. The monoisotopic (exact) mass is 362 g/mol. The number of rotatable bonds is 3. The van der Waals surface area contributed by atoms with E-state index < -0.39 is 10.0 Å². The van der Waals surface area contributed by atoms with Crippen molar-refractivity contribution in [2.75, 3.05) is 11.4 Å². The Bertz CT molecular complexity index is 818. The fourth-order valence-corrected chi connectivity index (χ4v) is 6.04. The van der Waals surface area contributed by atoms with Gasteiger partial charge in [-0.25, -0.2) is 13.1 Å². The van der Waals surface area contributed by atoms with E-state index >= 15 is 0 Å². The van der Waals surface area contributed by atoms with Gasteiger partial charge in [0.2, 0.25) is 15.9 Å². The summed E-state index contributed by atoms with van der Waals surface area (Å²) in [4.78, 5) is 14.6. The van der Waals surface area contributed by atoms with E-state index in [1.807, 2.05) is 11.8 Å². The Morgan fingerprint density at radius 3 is 2.64 bits per heavy atom. The van der Waals surface area contributed by atoms with Crippen LogP contribution in [0.15, 0.2) is 17.0 Å². The summed E-state index contributed by atoms with van der Waals surface area (Å²) in [5.74, 6) is 0.210. The third kappa shape index (κ3) is 2.79. The summed E-state index contributed by atoms with van der Waals surface area (Å²) >= 11 is 0. The molecule has 1 amide bonds. The van der Waals surface area contributed by atoms with E-state index in [1.165, 1.54) is 6.42 Å². The first-order valence-electron chi connectivity index (χ1n) is 9.39. The molecule has 0 saturated heterocycles. The Hall–Kier alpha value is -1.40. The number of nitrogens with one attached hydrogen (secondary N) is 1. The molecule has 136 valence electrons. The molecule has 1 aromatic carbocycles. The molecule has 1 fully saturated rings. The molecule has 1 aromatic rings. The van der Waals surface area contributed by atoms with Gasteiger partial charge in [0.25, 0.3) is 0 Å². The highest BCUT2D eigenvalue weighted by Crippen LogP contribution is 2.44. The molecule has 3 atom stereocenters. The average Bonchev–Trinajstić information content (AvgIpc) is 2.84. The SMILES string of the molecule is C[C@@H]1C(=O)N2CCCc3cc(S(=O)(=O)N[C@@H]4CCCC[C@@H]4C)cc1c32. The highest BCUT2D eigenvalue weighted by atomic mass is 32.2. The van der Waals surface area contributed by atoms with Crippen molar-refractivity contribution in [2.24, 2.45) is 5.92 Å². The summed E-state index contributed by atoms with van der Waals surface area (Å²) in [6.07, 6.45) is 5.96. The smallest absolute Gasteiger partial charge is 0.240 e. The van der Waals surface area contributed by atoms with E-state index in [2.05, 4.69) is 11.6 Å². The number of amides is 1. The second-order valence-corrected chi connectivity index (χ2v) is 9.54. The van der Waals surface area contributed by atoms with Crippen LogP contribution in [0, 0.1) is 5.92 Å². The van der Waals surface area contributed by atoms with Gasteiger partial charge < -0.3 is 4.90 Å². The second-order valence-electron chi connectivity index (χ2n) is 7.82. The molecule has 25 heavy (non-hydrogen) atoms. The number of hydrogen-bond donors (Lipinski definition) is 1. The van der Waals surface area contributed by atoms with Crippen LogP contribution in [-0.2, 0) is 21.2 Å². The Balaban J connectivity index is 1.71. The summed E-state index contributed by atoms with van der Waals surface area (Å²) in [5, 5.41) is 0. The van der Waals surface area contributed by atoms with Gasteiger partial charge in [-0.05, 0) is 61.8 Å². The molecule has 1 aliphatic carbocycles. The standard InChI is InChI=1S/C19H26N2O3S/c1-12-6-3-4-8-17(12)20-25(23,24)15-10-14-7-5-9-21-18(14)16(11-15)13(2)19(21)22/h10-13,17,20H,3-9H2,1-2H3/t12-,13-,17+/m0/s1. The lowest BCUT2D eigenvalue weighted by molar-refractivity contribution is -0.119. The number of carbonyl (C=O) groups excluding carboxylic acids is 1. The summed E-state index contributed by atoms with van der Waals surface area (Å²) in [7, 11) is -3.56. The molecule has 0 unspecified atom stereocenters. The largest absolute Gasteiger partial charge is 0.311 e. The van der Waals surface area contributed by atoms with Gasteiger partial charge in [-0.3, -0.25) is 4.79 Å². The molecule has 6 heteroatoms. The number of carbonyl (C=O) groups is 1. The van der Waals surface area contributed by atoms with Crippen LogP contribution in [0.25, 0.3) is 0 Å². The quantitative estimate of drug-likeness (QED) is 0.899. The molecule has 0 spiro atoms. The van der Waals surface area contributed by atoms with E-state index in [4.69, 9.17) is 0 Å². The van der Waals surface area contributed by atoms with Gasteiger partial charge in [-0.2, -0.15) is 0 Å². The number of nitrogens with zero attached hydrogens (tertiary/aromatic N) is 1. The molecular formula is C19H26N2O3S. The molecule has 2 aliphatic heterocycles. The van der Waals surface area contributed by atoms with Crippen molar-refractivity contribution >= 4 is 21.6 Å². The zero-order valence-corrected chi connectivity index (χ0v) is 15.7. The van der Waals surface area contributed by atoms with Crippen LogP contribution in [0.5, 0.6) is 0 Å². The molecule has 1 N–H and O–H groups in total. The lowest BCUT2D eigenvalue weighted by Gasteiger charge is -2.30. The first-order valence-corrected chi connectivity index (χ1v) is 10.9. The average molecular weight is 362 g/mol. The molecule has 4 rings (SSSR count). The molecule has 1 saturated carbocycles. The highest BCUT2D eigenvalue weighted by molar-refractivity contribution is 7.89. The third-order valence-corrected chi connectivity index (χ3v) is 7.59. The van der Waals surface area contributed by atoms with Crippen LogP contribution in [0.1, 0.15) is 63.0 Å². The number of aryl methyl sites for hydroxylation is 1. The van der Waals surface area contributed by atoms with Crippen LogP contribution >= 0.6 is 0 Å². The number of hydrogen-bond acceptors (Lipinski definition) is 3. The normalized spacial score (nSPS) is 29.0. The molecular weight excluding hydrogens is 336 g/mol. The molecule has 5 nitrogen and oxygen atoms in total. The minimum atomic E-state index is -3.56. The van der Waals surface area contributed by atoms with Crippen molar-refractivity contribution in [1.82, 2.24) is 4.72 Å². The first kappa shape index (κ1) is 17.0. The van der Waals surface area contributed by atoms with E-state index in [0.29, 0.717) is 10.8 Å². The van der Waals surface area contributed by atoms with Crippen molar-refractivity contribution in [2.45, 2.75) is 69.2 Å². The fraction of sp³-hybridized carbons (Fsp3) is 0.632. The van der Waals surface area contributed by atoms with Gasteiger partial charge in [0.05, 0.1) is 16.5 Å². The van der Waals surface area contributed by atoms with Crippen molar-refractivity contribution in [3.05, 3.63) is 23.3 Å². The summed E-state index contributed by atoms with van der Waals surface area (Å²) in [6, 6.07) is 3.52. The van der Waals surface area contributed by atoms with Crippen molar-refractivity contribution in [3.63, 3.8) is 0 Å². The minimum absolute atomic E-state index is 0.0129. The Morgan fingerprint density at radius 2 is 1.88 bits per heavy atom. The van der Waals surface area contributed by atoms with Crippen LogP contribution < -0.4 is 9.62 Å². The number of benzene rings is 1. The number of anilines is 1. The van der Waals surface area contributed by atoms with E-state index in [0.717, 1.165) is 55.5 Å². The van der Waals surface area contributed by atoms with Crippen molar-refractivity contribution in [3.8, 4) is 0 Å². The van der Waals surface area contributed by atoms with Gasteiger partial charge in [-0.1, -0.05) is 19.8 Å². The number of sulfonamides is 1. The van der Waals surface area contributed by atoms with E-state index in [1.54, 1.807) is 12.1 Å². The molecule has 2 heterocycles. The maximum atomic E-state index is 13.0. The Kier molecular flexibility index (Phi) is 4.15. The maximum absolute atomic E-state index is 13.0. The zero-order valence-electron chi connectivity index (χ0n) is 14.9. The van der Waals surface area contributed by atoms with Gasteiger partial charge in [0.15, 0.2) is 0 Å². The first-order chi connectivity index (χ1) is 11.9. The summed E-state index contributed by atoms with van der Waals surface area (Å²) in [6.45, 7) is 4.74. The summed E-state index contributed by atoms with van der Waals surface area (Å²) < 4.78 is 28.9. The topological polar surface area (TPSA) is 66.5 Å². The molecule has 0 aromatic heterocycles. The lowest BCUT2D eigenvalue weighted by atomic mass is 9.87. The fourth-order valence-electron chi connectivity index (χ4n) is 4.58. The van der Waals surface area contributed by atoms with Crippen LogP contribution in [-0.4, -0.2) is 26.9 Å². The van der Waals surface area contributed by atoms with Crippen LogP contribution in [0.3, 0.4) is 0 Å². The third-order valence-electron chi connectivity index (χ3n) is 6.12. The van der Waals surface area contributed by atoms with Crippen LogP contribution in [0.2, 0.25) is 0 Å². The van der Waals surface area contributed by atoms with Gasteiger partial charge in [0, 0.05) is 12.6 Å². The minimum Gasteiger partial charge on any atom is -0.311 e. The van der Waals surface area contributed by atoms with E-state index in [9.17, 15) is 13.2 Å². The lowest BCUT2D eigenvalue weighted by Crippen LogP contribution is -2.41. The predicted molar refractivity (Wildman–Crippen MR) is 97.3 cm³/mol. The second kappa shape index (κ2) is 6.09. The van der Waals surface area contributed by atoms with Crippen LogP contribution in [0.4, 0.5) is 5.69 Å². The van der Waals surface area contributed by atoms with Gasteiger partial charge in [0.1, 0.15) is 0 Å². The van der Waals surface area contributed by atoms with Crippen molar-refractivity contribution in [1.29, 1.82) is 0 Å². The predicted octanol–water partition coefficient (Wildman–Crippen LogP) is 2.94. The Morgan fingerprint density at radius 1 is 1.12 bits per heavy atom. The Labute approximate surface area is 149 Å². The maximum Gasteiger partial charge on any atom is 0.240 e. The molecule has 0 bridgehead atoms. The molecule has 3 aliphatic rings. The van der Waals surface area contributed by atoms with E-state index in [-0.39, 0.29) is 17.9 Å². The van der Waals surface area contributed by atoms with Gasteiger partial charge >= 0.3 is 0 Å². The molecule has 0 radical (unpaired) electrons. The van der Waals surface area contributed by atoms with Gasteiger partial charge in [-0.15, -0.1) is 0 Å². The zero-order chi connectivity index (χ0) is 17.8. The van der Waals surface area contributed by atoms with Crippen molar-refractivity contribution < 1.29 is 13.2 Å².